The maximum absolute atomic E-state index is 13.1. The summed E-state index contributed by atoms with van der Waals surface area (Å²) in [4.78, 5) is 24.1. The zero-order valence-electron chi connectivity index (χ0n) is 12.6. The molecule has 2 aromatic rings. The van der Waals surface area contributed by atoms with Gasteiger partial charge in [0.05, 0.1) is 11.1 Å². The van der Waals surface area contributed by atoms with Crippen LogP contribution in [0.1, 0.15) is 12.8 Å². The third kappa shape index (κ3) is 4.64. The number of benzene rings is 1. The van der Waals surface area contributed by atoms with E-state index in [9.17, 15) is 14.0 Å². The van der Waals surface area contributed by atoms with Crippen LogP contribution in [-0.4, -0.2) is 21.5 Å². The van der Waals surface area contributed by atoms with Gasteiger partial charge in [0.25, 0.3) is 0 Å². The highest BCUT2D eigenvalue weighted by atomic mass is 35.5. The molecule has 1 atom stereocenters. The molecule has 24 heavy (non-hydrogen) atoms. The van der Waals surface area contributed by atoms with Crippen LogP contribution < -0.4 is 5.32 Å². The molecule has 0 radical (unpaired) electrons. The number of nitriles is 1. The number of rotatable bonds is 7. The van der Waals surface area contributed by atoms with Crippen molar-refractivity contribution < 1.29 is 14.0 Å². The zero-order chi connectivity index (χ0) is 17.5. The number of hydrogen-bond acceptors (Lipinski definition) is 4. The van der Waals surface area contributed by atoms with E-state index in [-0.39, 0.29) is 17.1 Å². The Morgan fingerprint density at radius 3 is 2.88 bits per heavy atom. The lowest BCUT2D eigenvalue weighted by Gasteiger charge is -2.10. The highest BCUT2D eigenvalue weighted by Crippen LogP contribution is 2.20. The highest BCUT2D eigenvalue weighted by molar-refractivity contribution is 6.31. The molecule has 0 bridgehead atoms. The molecule has 1 aromatic heterocycles. The number of anilines is 1. The first-order valence-electron chi connectivity index (χ1n) is 7.17. The number of amides is 1. The van der Waals surface area contributed by atoms with E-state index >= 15 is 0 Å². The van der Waals surface area contributed by atoms with Crippen LogP contribution in [0.3, 0.4) is 0 Å². The number of aryl methyl sites for hydroxylation is 1. The molecule has 0 saturated heterocycles. The van der Waals surface area contributed by atoms with Gasteiger partial charge < -0.3 is 5.32 Å². The van der Waals surface area contributed by atoms with Gasteiger partial charge in [-0.1, -0.05) is 11.6 Å². The van der Waals surface area contributed by atoms with Gasteiger partial charge in [-0.2, -0.15) is 10.4 Å². The van der Waals surface area contributed by atoms with E-state index in [0.717, 1.165) is 6.07 Å². The summed E-state index contributed by atoms with van der Waals surface area (Å²) in [7, 11) is 0. The van der Waals surface area contributed by atoms with Crippen molar-refractivity contribution in [1.82, 2.24) is 9.78 Å². The monoisotopic (exact) mass is 348 g/mol. The molecule has 0 aliphatic rings. The second-order valence-corrected chi connectivity index (χ2v) is 5.43. The SMILES string of the molecule is N#CC(C(=O)CCCn1cccn1)C(=O)Nc1ccc(F)c(Cl)c1. The molecule has 124 valence electrons. The average Bonchev–Trinajstić information content (AvgIpc) is 3.05. The number of nitrogens with one attached hydrogen (secondary N) is 1. The van der Waals surface area contributed by atoms with Crippen molar-refractivity contribution >= 4 is 29.0 Å². The average molecular weight is 349 g/mol. The number of carbonyl (C=O) groups is 2. The number of hydrogen-bond donors (Lipinski definition) is 1. The number of carbonyl (C=O) groups excluding carboxylic acids is 2. The molecule has 1 N–H and O–H groups in total. The van der Waals surface area contributed by atoms with Crippen LogP contribution in [0.2, 0.25) is 5.02 Å². The van der Waals surface area contributed by atoms with Gasteiger partial charge in [-0.15, -0.1) is 0 Å². The summed E-state index contributed by atoms with van der Waals surface area (Å²) in [5.41, 5.74) is 0.219. The highest BCUT2D eigenvalue weighted by Gasteiger charge is 2.26. The van der Waals surface area contributed by atoms with Gasteiger partial charge in [-0.25, -0.2) is 4.39 Å². The summed E-state index contributed by atoms with van der Waals surface area (Å²) in [6, 6.07) is 7.07. The minimum Gasteiger partial charge on any atom is -0.324 e. The topological polar surface area (TPSA) is 87.8 Å². The number of halogens is 2. The quantitative estimate of drug-likeness (QED) is 0.779. The Morgan fingerprint density at radius 1 is 1.46 bits per heavy atom. The maximum Gasteiger partial charge on any atom is 0.249 e. The van der Waals surface area contributed by atoms with E-state index in [1.807, 2.05) is 0 Å². The van der Waals surface area contributed by atoms with Crippen molar-refractivity contribution in [3.63, 3.8) is 0 Å². The van der Waals surface area contributed by atoms with Gasteiger partial charge in [0.2, 0.25) is 5.91 Å². The van der Waals surface area contributed by atoms with Crippen molar-refractivity contribution in [3.8, 4) is 6.07 Å². The Labute approximate surface area is 142 Å². The van der Waals surface area contributed by atoms with Gasteiger partial charge in [-0.3, -0.25) is 14.3 Å². The first-order chi connectivity index (χ1) is 11.5. The second kappa shape index (κ2) is 8.22. The van der Waals surface area contributed by atoms with Gasteiger partial charge in [0.1, 0.15) is 5.82 Å². The molecule has 1 heterocycles. The van der Waals surface area contributed by atoms with Crippen LogP contribution in [0.15, 0.2) is 36.7 Å². The summed E-state index contributed by atoms with van der Waals surface area (Å²) in [5.74, 6) is -3.28. The molecule has 0 saturated carbocycles. The van der Waals surface area contributed by atoms with Crippen molar-refractivity contribution in [2.24, 2.45) is 5.92 Å². The van der Waals surface area contributed by atoms with E-state index in [1.54, 1.807) is 29.2 Å². The Morgan fingerprint density at radius 2 is 2.25 bits per heavy atom. The van der Waals surface area contributed by atoms with Gasteiger partial charge in [-0.05, 0) is 30.7 Å². The molecule has 0 aliphatic heterocycles. The number of nitrogens with zero attached hydrogens (tertiary/aromatic N) is 3. The fraction of sp³-hybridized carbons (Fsp3) is 0.250. The Bertz CT molecular complexity index is 771. The van der Waals surface area contributed by atoms with Crippen LogP contribution >= 0.6 is 11.6 Å². The predicted octanol–water partition coefficient (Wildman–Crippen LogP) is 2.80. The molecular formula is C16H14ClFN4O2. The fourth-order valence-electron chi connectivity index (χ4n) is 2.06. The number of Topliss-reactive ketones (excluding diaryl/α,β-unsaturated/α-hetero) is 1. The van der Waals surface area contributed by atoms with E-state index in [1.165, 1.54) is 12.1 Å². The summed E-state index contributed by atoms with van der Waals surface area (Å²) in [5, 5.41) is 15.3. The second-order valence-electron chi connectivity index (χ2n) is 5.02. The third-order valence-corrected chi connectivity index (χ3v) is 3.56. The first-order valence-corrected chi connectivity index (χ1v) is 7.54. The maximum atomic E-state index is 13.1. The standard InChI is InChI=1S/C16H14ClFN4O2/c17-13-9-11(4-5-14(13)18)21-16(24)12(10-19)15(23)3-1-7-22-8-2-6-20-22/h2,4-6,8-9,12H,1,3,7H2,(H,21,24). The molecule has 1 unspecified atom stereocenters. The normalized spacial score (nSPS) is 11.5. The predicted molar refractivity (Wildman–Crippen MR) is 85.6 cm³/mol. The van der Waals surface area contributed by atoms with Crippen molar-refractivity contribution in [3.05, 3.63) is 47.5 Å². The lowest BCUT2D eigenvalue weighted by atomic mass is 10.0. The smallest absolute Gasteiger partial charge is 0.249 e. The van der Waals surface area contributed by atoms with Crippen LogP contribution in [0.25, 0.3) is 0 Å². The molecule has 8 heteroatoms. The van der Waals surface area contributed by atoms with Gasteiger partial charge in [0, 0.05) is 31.0 Å². The molecule has 0 aliphatic carbocycles. The molecule has 6 nitrogen and oxygen atoms in total. The minimum absolute atomic E-state index is 0.0790. The van der Waals surface area contributed by atoms with Crippen molar-refractivity contribution in [1.29, 1.82) is 5.26 Å². The van der Waals surface area contributed by atoms with Crippen molar-refractivity contribution in [2.75, 3.05) is 5.32 Å². The van der Waals surface area contributed by atoms with Crippen LogP contribution in [-0.2, 0) is 16.1 Å². The summed E-state index contributed by atoms with van der Waals surface area (Å²) in [6.45, 7) is 0.520. The summed E-state index contributed by atoms with van der Waals surface area (Å²) >= 11 is 5.62. The molecule has 1 amide bonds. The van der Waals surface area contributed by atoms with E-state index < -0.39 is 23.4 Å². The lowest BCUT2D eigenvalue weighted by molar-refractivity contribution is -0.128. The fourth-order valence-corrected chi connectivity index (χ4v) is 2.24. The number of ketones is 1. The summed E-state index contributed by atoms with van der Waals surface area (Å²) in [6.07, 6.45) is 3.93. The van der Waals surface area contributed by atoms with Crippen LogP contribution in [0.5, 0.6) is 0 Å². The Balaban J connectivity index is 1.91. The van der Waals surface area contributed by atoms with Crippen LogP contribution in [0.4, 0.5) is 10.1 Å². The minimum atomic E-state index is -1.42. The van der Waals surface area contributed by atoms with E-state index in [4.69, 9.17) is 16.9 Å². The van der Waals surface area contributed by atoms with E-state index in [2.05, 4.69) is 10.4 Å². The molecule has 2 rings (SSSR count). The van der Waals surface area contributed by atoms with Crippen molar-refractivity contribution in [2.45, 2.75) is 19.4 Å². The molecule has 0 spiro atoms. The first kappa shape index (κ1) is 17.6. The van der Waals surface area contributed by atoms with E-state index in [0.29, 0.717) is 13.0 Å². The largest absolute Gasteiger partial charge is 0.324 e. The third-order valence-electron chi connectivity index (χ3n) is 3.27. The molecule has 1 aromatic carbocycles. The zero-order valence-corrected chi connectivity index (χ0v) is 13.3. The van der Waals surface area contributed by atoms with Gasteiger partial charge >= 0.3 is 0 Å². The van der Waals surface area contributed by atoms with Crippen LogP contribution in [0, 0.1) is 23.1 Å². The Hall–Kier alpha value is -2.72. The van der Waals surface area contributed by atoms with Gasteiger partial charge in [0.15, 0.2) is 11.7 Å². The number of aromatic nitrogens is 2. The molecular weight excluding hydrogens is 335 g/mol. The lowest BCUT2D eigenvalue weighted by Crippen LogP contribution is -2.28. The summed E-state index contributed by atoms with van der Waals surface area (Å²) < 4.78 is 14.7. The molecule has 0 fully saturated rings. The Kier molecular flexibility index (Phi) is 6.04.